The second kappa shape index (κ2) is 2.55. The first-order valence-corrected chi connectivity index (χ1v) is 3.83. The Hall–Kier alpha value is -1.91. The number of hydrogen-bond acceptors (Lipinski definition) is 3. The van der Waals surface area contributed by atoms with Crippen LogP contribution in [0.2, 0.25) is 0 Å². The molecule has 5 nitrogen and oxygen atoms in total. The molecule has 0 aliphatic carbocycles. The smallest absolute Gasteiger partial charge is 0.125 e. The Bertz CT molecular complexity index is 470. The molecule has 0 bridgehead atoms. The summed E-state index contributed by atoms with van der Waals surface area (Å²) in [5.41, 5.74) is 7.59. The Balaban J connectivity index is 2.84. The summed E-state index contributed by atoms with van der Waals surface area (Å²) in [6, 6.07) is 5.49. The van der Waals surface area contributed by atoms with Crippen LogP contribution >= 0.6 is 0 Å². The second-order valence-electron chi connectivity index (χ2n) is 2.80. The molecule has 0 spiro atoms. The Labute approximate surface area is 74.7 Å². The lowest BCUT2D eigenvalue weighted by Gasteiger charge is -1.97. The van der Waals surface area contributed by atoms with Crippen molar-refractivity contribution in [3.8, 4) is 0 Å². The van der Waals surface area contributed by atoms with Crippen LogP contribution in [0.5, 0.6) is 0 Å². The van der Waals surface area contributed by atoms with Crippen molar-refractivity contribution >= 4 is 16.9 Å². The number of amidine groups is 1. The molecular weight excluding hydrogens is 166 g/mol. The van der Waals surface area contributed by atoms with E-state index in [2.05, 4.69) is 10.3 Å². The molecule has 0 unspecified atom stereocenters. The second-order valence-corrected chi connectivity index (χ2v) is 2.80. The van der Waals surface area contributed by atoms with Crippen molar-refractivity contribution in [2.45, 2.75) is 0 Å². The Morgan fingerprint density at radius 2 is 2.31 bits per heavy atom. The first kappa shape index (κ1) is 7.72. The van der Waals surface area contributed by atoms with Crippen molar-refractivity contribution in [2.24, 2.45) is 12.8 Å². The van der Waals surface area contributed by atoms with Gasteiger partial charge in [0, 0.05) is 12.6 Å². The molecule has 1 aromatic carbocycles. The highest BCUT2D eigenvalue weighted by molar-refractivity contribution is 6.05. The molecule has 66 valence electrons. The summed E-state index contributed by atoms with van der Waals surface area (Å²) in [5.74, 6) is 0.0195. The van der Waals surface area contributed by atoms with Gasteiger partial charge >= 0.3 is 0 Å². The molecule has 0 fully saturated rings. The molecular formula is C8H9N5. The number of hydrogen-bond donors (Lipinski definition) is 2. The third-order valence-electron chi connectivity index (χ3n) is 1.93. The first-order chi connectivity index (χ1) is 6.20. The SMILES string of the molecule is Cn1nnc2c(C(=N)N)cccc21. The molecule has 1 heterocycles. The molecule has 0 aliphatic heterocycles. The van der Waals surface area contributed by atoms with Crippen LogP contribution < -0.4 is 5.73 Å². The van der Waals surface area contributed by atoms with Gasteiger partial charge in [0.2, 0.25) is 0 Å². The van der Waals surface area contributed by atoms with Gasteiger partial charge in [0.15, 0.2) is 0 Å². The van der Waals surface area contributed by atoms with Gasteiger partial charge in [-0.15, -0.1) is 5.10 Å². The highest BCUT2D eigenvalue weighted by Crippen LogP contribution is 2.14. The summed E-state index contributed by atoms with van der Waals surface area (Å²) in [5, 5.41) is 15.1. The van der Waals surface area contributed by atoms with Crippen LogP contribution in [0.15, 0.2) is 18.2 Å². The zero-order valence-corrected chi connectivity index (χ0v) is 7.15. The van der Waals surface area contributed by atoms with E-state index < -0.39 is 0 Å². The van der Waals surface area contributed by atoms with Gasteiger partial charge in [0.25, 0.3) is 0 Å². The largest absolute Gasteiger partial charge is 0.384 e. The highest BCUT2D eigenvalue weighted by atomic mass is 15.4. The van der Waals surface area contributed by atoms with Gasteiger partial charge < -0.3 is 5.73 Å². The molecule has 0 saturated carbocycles. The average Bonchev–Trinajstić information content (AvgIpc) is 2.48. The molecule has 0 amide bonds. The van der Waals surface area contributed by atoms with E-state index in [1.807, 2.05) is 12.1 Å². The van der Waals surface area contributed by atoms with E-state index in [0.29, 0.717) is 11.1 Å². The van der Waals surface area contributed by atoms with Crippen molar-refractivity contribution in [3.05, 3.63) is 23.8 Å². The standard InChI is InChI=1S/C8H9N5/c1-13-6-4-2-3-5(8(9)10)7(6)11-12-13/h2-4H,1H3,(H3,9,10). The van der Waals surface area contributed by atoms with Crippen molar-refractivity contribution in [3.63, 3.8) is 0 Å². The normalized spacial score (nSPS) is 10.5. The van der Waals surface area contributed by atoms with E-state index in [0.717, 1.165) is 5.52 Å². The number of rotatable bonds is 1. The zero-order chi connectivity index (χ0) is 9.42. The van der Waals surface area contributed by atoms with Crippen LogP contribution in [-0.4, -0.2) is 20.8 Å². The third-order valence-corrected chi connectivity index (χ3v) is 1.93. The minimum absolute atomic E-state index is 0.0195. The molecule has 2 aromatic rings. The topological polar surface area (TPSA) is 80.6 Å². The number of fused-ring (bicyclic) bond motifs is 1. The van der Waals surface area contributed by atoms with Gasteiger partial charge in [-0.2, -0.15) is 0 Å². The van der Waals surface area contributed by atoms with Crippen molar-refractivity contribution in [2.75, 3.05) is 0 Å². The maximum absolute atomic E-state index is 7.33. The number of aryl methyl sites for hydroxylation is 1. The number of nitrogens with two attached hydrogens (primary N) is 1. The van der Waals surface area contributed by atoms with Crippen molar-refractivity contribution in [1.82, 2.24) is 15.0 Å². The summed E-state index contributed by atoms with van der Waals surface area (Å²) in [7, 11) is 1.80. The fourth-order valence-electron chi connectivity index (χ4n) is 1.27. The predicted octanol–water partition coefficient (Wildman–Crippen LogP) is 0.252. The molecule has 2 rings (SSSR count). The summed E-state index contributed by atoms with van der Waals surface area (Å²) < 4.78 is 1.65. The number of nitrogens with one attached hydrogen (secondary N) is 1. The van der Waals surface area contributed by atoms with Gasteiger partial charge in [0.05, 0.1) is 5.52 Å². The Kier molecular flexibility index (Phi) is 1.51. The van der Waals surface area contributed by atoms with Crippen molar-refractivity contribution < 1.29 is 0 Å². The van der Waals surface area contributed by atoms with E-state index in [1.54, 1.807) is 17.8 Å². The lowest BCUT2D eigenvalue weighted by Crippen LogP contribution is -2.11. The molecule has 0 atom stereocenters. The minimum atomic E-state index is 0.0195. The number of nitrogen functional groups attached to an aromatic ring is 1. The van der Waals surface area contributed by atoms with Gasteiger partial charge in [-0.1, -0.05) is 11.3 Å². The van der Waals surface area contributed by atoms with Crippen LogP contribution in [0.25, 0.3) is 11.0 Å². The molecule has 0 radical (unpaired) electrons. The Morgan fingerprint density at radius 1 is 1.54 bits per heavy atom. The van der Waals surface area contributed by atoms with Gasteiger partial charge in [-0.25, -0.2) is 4.68 Å². The van der Waals surface area contributed by atoms with Crippen LogP contribution in [0.3, 0.4) is 0 Å². The van der Waals surface area contributed by atoms with Crippen LogP contribution in [0, 0.1) is 5.41 Å². The Morgan fingerprint density at radius 3 is 3.00 bits per heavy atom. The lowest BCUT2D eigenvalue weighted by molar-refractivity contribution is 0.736. The summed E-state index contributed by atoms with van der Waals surface area (Å²) in [4.78, 5) is 0. The zero-order valence-electron chi connectivity index (χ0n) is 7.15. The van der Waals surface area contributed by atoms with Crippen LogP contribution in [0.4, 0.5) is 0 Å². The first-order valence-electron chi connectivity index (χ1n) is 3.83. The van der Waals surface area contributed by atoms with Crippen LogP contribution in [-0.2, 0) is 7.05 Å². The maximum Gasteiger partial charge on any atom is 0.125 e. The molecule has 0 aliphatic rings. The average molecular weight is 175 g/mol. The summed E-state index contributed by atoms with van der Waals surface area (Å²) >= 11 is 0. The molecule has 0 saturated heterocycles. The quantitative estimate of drug-likeness (QED) is 0.481. The minimum Gasteiger partial charge on any atom is -0.384 e. The highest BCUT2D eigenvalue weighted by Gasteiger charge is 2.07. The lowest BCUT2D eigenvalue weighted by atomic mass is 10.1. The summed E-state index contributed by atoms with van der Waals surface area (Å²) in [6.07, 6.45) is 0. The monoisotopic (exact) mass is 175 g/mol. The predicted molar refractivity (Wildman–Crippen MR) is 49.5 cm³/mol. The number of aromatic nitrogens is 3. The molecule has 1 aromatic heterocycles. The van der Waals surface area contributed by atoms with E-state index in [9.17, 15) is 0 Å². The molecule has 13 heavy (non-hydrogen) atoms. The number of nitrogens with zero attached hydrogens (tertiary/aromatic N) is 3. The fraction of sp³-hybridized carbons (Fsp3) is 0.125. The maximum atomic E-state index is 7.33. The van der Waals surface area contributed by atoms with Crippen molar-refractivity contribution in [1.29, 1.82) is 5.41 Å². The number of benzene rings is 1. The van der Waals surface area contributed by atoms with Gasteiger partial charge in [0.1, 0.15) is 11.4 Å². The van der Waals surface area contributed by atoms with E-state index in [-0.39, 0.29) is 5.84 Å². The van der Waals surface area contributed by atoms with Crippen LogP contribution in [0.1, 0.15) is 5.56 Å². The fourth-order valence-corrected chi connectivity index (χ4v) is 1.27. The molecule has 5 heteroatoms. The summed E-state index contributed by atoms with van der Waals surface area (Å²) in [6.45, 7) is 0. The van der Waals surface area contributed by atoms with Gasteiger partial charge in [-0.3, -0.25) is 5.41 Å². The molecule has 3 N–H and O–H groups in total. The van der Waals surface area contributed by atoms with E-state index in [1.165, 1.54) is 0 Å². The third kappa shape index (κ3) is 1.05. The van der Waals surface area contributed by atoms with Gasteiger partial charge in [-0.05, 0) is 12.1 Å². The van der Waals surface area contributed by atoms with E-state index in [4.69, 9.17) is 11.1 Å². The van der Waals surface area contributed by atoms with E-state index >= 15 is 0 Å².